The predicted molar refractivity (Wildman–Crippen MR) is 93.6 cm³/mol. The van der Waals surface area contributed by atoms with Crippen LogP contribution in [0, 0.1) is 0 Å². The van der Waals surface area contributed by atoms with Crippen LogP contribution in [0.25, 0.3) is 0 Å². The molecule has 0 unspecified atom stereocenters. The Morgan fingerprint density at radius 2 is 1.81 bits per heavy atom. The van der Waals surface area contributed by atoms with Crippen molar-refractivity contribution >= 4 is 11.6 Å². The minimum Gasteiger partial charge on any atom is -0.454 e. The van der Waals surface area contributed by atoms with Gasteiger partial charge < -0.3 is 14.8 Å². The van der Waals surface area contributed by atoms with Crippen LogP contribution in [-0.2, 0) is 17.5 Å². The van der Waals surface area contributed by atoms with Gasteiger partial charge in [-0.05, 0) is 43.8 Å². The van der Waals surface area contributed by atoms with E-state index in [0.717, 1.165) is 12.1 Å². The van der Waals surface area contributed by atoms with E-state index in [1.54, 1.807) is 37.1 Å². The number of carbonyl (C=O) groups is 1. The lowest BCUT2D eigenvalue weighted by Gasteiger charge is -2.24. The molecule has 2 aromatic rings. The minimum absolute atomic E-state index is 0.152. The largest absolute Gasteiger partial charge is 0.454 e. The fourth-order valence-electron chi connectivity index (χ4n) is 2.65. The van der Waals surface area contributed by atoms with Gasteiger partial charge >= 0.3 is 6.18 Å². The van der Waals surface area contributed by atoms with Crippen LogP contribution in [0.4, 0.5) is 18.9 Å². The lowest BCUT2D eigenvalue weighted by Crippen LogP contribution is -2.39. The Balaban J connectivity index is 1.59. The van der Waals surface area contributed by atoms with Gasteiger partial charge in [0, 0.05) is 18.3 Å². The van der Waals surface area contributed by atoms with E-state index in [2.05, 4.69) is 5.32 Å². The molecule has 0 bridgehead atoms. The Kier molecular flexibility index (Phi) is 5.27. The molecule has 0 aliphatic carbocycles. The van der Waals surface area contributed by atoms with E-state index in [4.69, 9.17) is 9.47 Å². The van der Waals surface area contributed by atoms with Crippen LogP contribution in [0.15, 0.2) is 42.5 Å². The third-order valence-electron chi connectivity index (χ3n) is 4.39. The molecule has 1 amide bonds. The zero-order valence-corrected chi connectivity index (χ0v) is 14.8. The number of likely N-dealkylation sites (N-methyl/N-ethyl adjacent to an activating group) is 1. The van der Waals surface area contributed by atoms with Crippen LogP contribution >= 0.6 is 0 Å². The van der Waals surface area contributed by atoms with Crippen molar-refractivity contribution in [3.8, 4) is 11.5 Å². The number of nitrogens with one attached hydrogen (secondary N) is 1. The monoisotopic (exact) mass is 380 g/mol. The number of fused-ring (bicyclic) bond motifs is 1. The second-order valence-electron chi connectivity index (χ2n) is 6.34. The molecule has 0 fully saturated rings. The topological polar surface area (TPSA) is 50.8 Å². The Labute approximate surface area is 154 Å². The highest BCUT2D eigenvalue weighted by atomic mass is 19.4. The quantitative estimate of drug-likeness (QED) is 0.855. The minimum atomic E-state index is -4.36. The van der Waals surface area contributed by atoms with Crippen molar-refractivity contribution in [1.29, 1.82) is 0 Å². The number of rotatable bonds is 5. The zero-order valence-electron chi connectivity index (χ0n) is 14.8. The number of anilines is 1. The fourth-order valence-corrected chi connectivity index (χ4v) is 2.65. The summed E-state index contributed by atoms with van der Waals surface area (Å²) in [6.07, 6.45) is -4.36. The number of halogens is 3. The Hall–Kier alpha value is -2.74. The maximum Gasteiger partial charge on any atom is 0.416 e. The average molecular weight is 380 g/mol. The molecular weight excluding hydrogens is 361 g/mol. The third-order valence-corrected chi connectivity index (χ3v) is 4.39. The molecule has 0 saturated heterocycles. The van der Waals surface area contributed by atoms with Gasteiger partial charge in [0.1, 0.15) is 0 Å². The molecule has 1 atom stereocenters. The van der Waals surface area contributed by atoms with Crippen molar-refractivity contribution in [2.45, 2.75) is 25.7 Å². The molecule has 1 N–H and O–H groups in total. The number of amides is 1. The number of alkyl halides is 3. The lowest BCUT2D eigenvalue weighted by molar-refractivity contribution is -0.137. The molecule has 0 radical (unpaired) electrons. The van der Waals surface area contributed by atoms with Gasteiger partial charge in [-0.25, -0.2) is 0 Å². The Morgan fingerprint density at radius 1 is 1.15 bits per heavy atom. The summed E-state index contributed by atoms with van der Waals surface area (Å²) in [7, 11) is 1.74. The first-order chi connectivity index (χ1) is 12.7. The molecule has 0 saturated carbocycles. The van der Waals surface area contributed by atoms with Gasteiger partial charge in [0.25, 0.3) is 0 Å². The van der Waals surface area contributed by atoms with E-state index in [1.807, 2.05) is 0 Å². The van der Waals surface area contributed by atoms with E-state index >= 15 is 0 Å². The second-order valence-corrected chi connectivity index (χ2v) is 6.34. The fraction of sp³-hybridized carbons (Fsp3) is 0.316. The van der Waals surface area contributed by atoms with Gasteiger partial charge in [-0.15, -0.1) is 0 Å². The maximum atomic E-state index is 12.6. The van der Waals surface area contributed by atoms with Crippen LogP contribution in [0.5, 0.6) is 11.5 Å². The standard InChI is InChI=1S/C19H19F3N2O3/c1-12(18(25)23-15-7-8-16-17(9-15)27-11-26-16)24(2)10-13-3-5-14(6-4-13)19(20,21)22/h3-9,12H,10-11H2,1-2H3,(H,23,25)/t12-/m1/s1. The zero-order chi connectivity index (χ0) is 19.6. The van der Waals surface area contributed by atoms with Crippen molar-refractivity contribution in [3.63, 3.8) is 0 Å². The van der Waals surface area contributed by atoms with Crippen molar-refractivity contribution < 1.29 is 27.4 Å². The van der Waals surface area contributed by atoms with Crippen molar-refractivity contribution in [2.24, 2.45) is 0 Å². The van der Waals surface area contributed by atoms with Gasteiger partial charge in [0.15, 0.2) is 11.5 Å². The second kappa shape index (κ2) is 7.48. The van der Waals surface area contributed by atoms with Gasteiger partial charge in [-0.3, -0.25) is 9.69 Å². The van der Waals surface area contributed by atoms with E-state index < -0.39 is 17.8 Å². The molecule has 1 aliphatic rings. The molecule has 3 rings (SSSR count). The van der Waals surface area contributed by atoms with E-state index in [1.165, 1.54) is 12.1 Å². The van der Waals surface area contributed by atoms with Crippen LogP contribution < -0.4 is 14.8 Å². The number of carbonyl (C=O) groups excluding carboxylic acids is 1. The normalized spacial score (nSPS) is 14.3. The molecular formula is C19H19F3N2O3. The van der Waals surface area contributed by atoms with Crippen LogP contribution in [0.2, 0.25) is 0 Å². The molecule has 8 heteroatoms. The first-order valence-corrected chi connectivity index (χ1v) is 8.31. The van der Waals surface area contributed by atoms with Crippen molar-refractivity contribution in [3.05, 3.63) is 53.6 Å². The highest BCUT2D eigenvalue weighted by molar-refractivity contribution is 5.94. The maximum absolute atomic E-state index is 12.6. The summed E-state index contributed by atoms with van der Waals surface area (Å²) in [5, 5.41) is 2.80. The summed E-state index contributed by atoms with van der Waals surface area (Å²) in [5.41, 5.74) is 0.578. The van der Waals surface area contributed by atoms with Crippen LogP contribution in [0.3, 0.4) is 0 Å². The smallest absolute Gasteiger partial charge is 0.416 e. The molecule has 1 aliphatic heterocycles. The van der Waals surface area contributed by atoms with Gasteiger partial charge in [0.2, 0.25) is 12.7 Å². The van der Waals surface area contributed by atoms with Gasteiger partial charge in [-0.2, -0.15) is 13.2 Å². The Morgan fingerprint density at radius 3 is 2.48 bits per heavy atom. The number of nitrogens with zero attached hydrogens (tertiary/aromatic N) is 1. The third kappa shape index (κ3) is 4.51. The van der Waals surface area contributed by atoms with E-state index in [-0.39, 0.29) is 12.7 Å². The Bertz CT molecular complexity index is 822. The average Bonchev–Trinajstić information content (AvgIpc) is 3.08. The molecule has 2 aromatic carbocycles. The predicted octanol–water partition coefficient (Wildman–Crippen LogP) is 3.89. The molecule has 0 spiro atoms. The van der Waals surface area contributed by atoms with E-state index in [0.29, 0.717) is 29.3 Å². The first-order valence-electron chi connectivity index (χ1n) is 8.31. The molecule has 27 heavy (non-hydrogen) atoms. The highest BCUT2D eigenvalue weighted by Crippen LogP contribution is 2.34. The summed E-state index contributed by atoms with van der Waals surface area (Å²) in [6.45, 7) is 2.22. The number of hydrogen-bond acceptors (Lipinski definition) is 4. The molecule has 0 aromatic heterocycles. The summed E-state index contributed by atoms with van der Waals surface area (Å²) < 4.78 is 48.4. The van der Waals surface area contributed by atoms with Gasteiger partial charge in [0.05, 0.1) is 11.6 Å². The van der Waals surface area contributed by atoms with Crippen LogP contribution in [0.1, 0.15) is 18.1 Å². The summed E-state index contributed by atoms with van der Waals surface area (Å²) >= 11 is 0. The number of benzene rings is 2. The highest BCUT2D eigenvalue weighted by Gasteiger charge is 2.30. The van der Waals surface area contributed by atoms with Crippen LogP contribution in [-0.4, -0.2) is 30.7 Å². The molecule has 1 heterocycles. The van der Waals surface area contributed by atoms with E-state index in [9.17, 15) is 18.0 Å². The lowest BCUT2D eigenvalue weighted by atomic mass is 10.1. The van der Waals surface area contributed by atoms with Crippen molar-refractivity contribution in [1.82, 2.24) is 4.90 Å². The SMILES string of the molecule is C[C@H](C(=O)Nc1ccc2c(c1)OCO2)N(C)Cc1ccc(C(F)(F)F)cc1. The summed E-state index contributed by atoms with van der Waals surface area (Å²) in [5.74, 6) is 0.960. The number of hydrogen-bond donors (Lipinski definition) is 1. The number of ether oxygens (including phenoxy) is 2. The van der Waals surface area contributed by atoms with Gasteiger partial charge in [-0.1, -0.05) is 12.1 Å². The van der Waals surface area contributed by atoms with Crippen molar-refractivity contribution in [2.75, 3.05) is 19.2 Å². The molecule has 5 nitrogen and oxygen atoms in total. The summed E-state index contributed by atoms with van der Waals surface area (Å²) in [4.78, 5) is 14.2. The summed E-state index contributed by atoms with van der Waals surface area (Å²) in [6, 6.07) is 9.55. The molecule has 144 valence electrons. The first kappa shape index (κ1) is 19.0.